The second kappa shape index (κ2) is 8.43. The van der Waals surface area contributed by atoms with Crippen molar-refractivity contribution in [1.82, 2.24) is 19.5 Å². The molecule has 0 bridgehead atoms. The first kappa shape index (κ1) is 20.3. The van der Waals surface area contributed by atoms with Crippen molar-refractivity contribution in [3.05, 3.63) is 94.4 Å². The third kappa shape index (κ3) is 4.32. The van der Waals surface area contributed by atoms with Gasteiger partial charge in [-0.25, -0.2) is 13.8 Å². The number of nitrogens with one attached hydrogen (secondary N) is 1. The Morgan fingerprint density at radius 1 is 1.00 bits per heavy atom. The number of anilines is 1. The normalized spacial score (nSPS) is 10.8. The minimum atomic E-state index is -0.557. The third-order valence-corrected chi connectivity index (χ3v) is 4.81. The molecule has 0 amide bonds. The maximum absolute atomic E-state index is 15.0. The van der Waals surface area contributed by atoms with E-state index in [9.17, 15) is 13.6 Å². The van der Waals surface area contributed by atoms with Gasteiger partial charge in [-0.05, 0) is 42.8 Å². The van der Waals surface area contributed by atoms with E-state index in [0.29, 0.717) is 22.3 Å². The molecule has 0 fully saturated rings. The number of aryl methyl sites for hydroxylation is 2. The average molecular weight is 419 g/mol. The minimum Gasteiger partial charge on any atom is -0.363 e. The molecule has 0 aliphatic heterocycles. The molecule has 0 atom stereocenters. The van der Waals surface area contributed by atoms with E-state index in [1.54, 1.807) is 37.6 Å². The Bertz CT molecular complexity index is 1320. The summed E-state index contributed by atoms with van der Waals surface area (Å²) in [5.74, 6) is -1.00. The fourth-order valence-electron chi connectivity index (χ4n) is 3.21. The Hall–Kier alpha value is -3.94. The lowest BCUT2D eigenvalue weighted by molar-refractivity contribution is 0.622. The van der Waals surface area contributed by atoms with E-state index in [0.717, 1.165) is 5.69 Å². The van der Waals surface area contributed by atoms with Gasteiger partial charge in [0, 0.05) is 66.8 Å². The van der Waals surface area contributed by atoms with Crippen LogP contribution in [0.15, 0.2) is 66.0 Å². The van der Waals surface area contributed by atoms with Crippen molar-refractivity contribution in [3.63, 3.8) is 0 Å². The molecule has 0 aromatic carbocycles. The zero-order chi connectivity index (χ0) is 22.0. The molecule has 0 aliphatic rings. The SMILES string of the molecule is Cc1cc(-c2ncc(CNc3nccc(-c4ccc(=O)n(C)c4)c3F)cc2F)ccn1. The highest BCUT2D eigenvalue weighted by Gasteiger charge is 2.13. The molecule has 0 saturated heterocycles. The van der Waals surface area contributed by atoms with Gasteiger partial charge in [-0.15, -0.1) is 0 Å². The van der Waals surface area contributed by atoms with Gasteiger partial charge in [0.1, 0.15) is 11.5 Å². The number of aromatic nitrogens is 4. The van der Waals surface area contributed by atoms with Gasteiger partial charge in [-0.3, -0.25) is 14.8 Å². The van der Waals surface area contributed by atoms with Gasteiger partial charge >= 0.3 is 0 Å². The summed E-state index contributed by atoms with van der Waals surface area (Å²) in [7, 11) is 1.60. The second-order valence-corrected chi connectivity index (χ2v) is 7.10. The van der Waals surface area contributed by atoms with Gasteiger partial charge in [0.2, 0.25) is 5.56 Å². The van der Waals surface area contributed by atoms with Crippen LogP contribution in [-0.4, -0.2) is 19.5 Å². The highest BCUT2D eigenvalue weighted by molar-refractivity contribution is 5.66. The first-order valence-corrected chi connectivity index (χ1v) is 9.55. The Balaban J connectivity index is 1.55. The molecule has 31 heavy (non-hydrogen) atoms. The molecule has 4 heterocycles. The van der Waals surface area contributed by atoms with Gasteiger partial charge < -0.3 is 9.88 Å². The van der Waals surface area contributed by atoms with Crippen LogP contribution in [0, 0.1) is 18.6 Å². The van der Waals surface area contributed by atoms with Crippen molar-refractivity contribution in [1.29, 1.82) is 0 Å². The molecule has 156 valence electrons. The van der Waals surface area contributed by atoms with Crippen molar-refractivity contribution < 1.29 is 8.78 Å². The quantitative estimate of drug-likeness (QED) is 0.527. The summed E-state index contributed by atoms with van der Waals surface area (Å²) in [5, 5.41) is 2.89. The first-order valence-electron chi connectivity index (χ1n) is 9.55. The summed E-state index contributed by atoms with van der Waals surface area (Å²) in [6, 6.07) is 9.28. The number of rotatable bonds is 5. The average Bonchev–Trinajstić information content (AvgIpc) is 2.75. The maximum atomic E-state index is 15.0. The van der Waals surface area contributed by atoms with Gasteiger partial charge in [-0.1, -0.05) is 0 Å². The lowest BCUT2D eigenvalue weighted by Crippen LogP contribution is -2.14. The number of nitrogens with zero attached hydrogens (tertiary/aromatic N) is 4. The number of hydrogen-bond acceptors (Lipinski definition) is 5. The van der Waals surface area contributed by atoms with Crippen molar-refractivity contribution in [2.24, 2.45) is 7.05 Å². The van der Waals surface area contributed by atoms with Crippen LogP contribution < -0.4 is 10.9 Å². The first-order chi connectivity index (χ1) is 14.9. The van der Waals surface area contributed by atoms with Crippen LogP contribution in [0.3, 0.4) is 0 Å². The lowest BCUT2D eigenvalue weighted by atomic mass is 10.1. The number of halogens is 2. The fourth-order valence-corrected chi connectivity index (χ4v) is 3.21. The molecule has 0 radical (unpaired) electrons. The van der Waals surface area contributed by atoms with Gasteiger partial charge in [0.15, 0.2) is 11.6 Å². The molecule has 0 spiro atoms. The Labute approximate surface area is 177 Å². The zero-order valence-corrected chi connectivity index (χ0v) is 16.9. The van der Waals surface area contributed by atoms with Crippen LogP contribution in [-0.2, 0) is 13.6 Å². The van der Waals surface area contributed by atoms with E-state index >= 15 is 0 Å². The van der Waals surface area contributed by atoms with Gasteiger partial charge in [0.05, 0.1) is 0 Å². The van der Waals surface area contributed by atoms with Crippen molar-refractivity contribution in [2.75, 3.05) is 5.32 Å². The molecule has 8 heteroatoms. The van der Waals surface area contributed by atoms with Crippen molar-refractivity contribution in [3.8, 4) is 22.4 Å². The topological polar surface area (TPSA) is 72.7 Å². The summed E-state index contributed by atoms with van der Waals surface area (Å²) in [4.78, 5) is 23.9. The van der Waals surface area contributed by atoms with E-state index in [-0.39, 0.29) is 23.6 Å². The highest BCUT2D eigenvalue weighted by Crippen LogP contribution is 2.26. The van der Waals surface area contributed by atoms with E-state index < -0.39 is 11.6 Å². The van der Waals surface area contributed by atoms with Crippen LogP contribution in [0.2, 0.25) is 0 Å². The largest absolute Gasteiger partial charge is 0.363 e. The Morgan fingerprint density at radius 3 is 2.55 bits per heavy atom. The predicted octanol–water partition coefficient (Wildman–Crippen LogP) is 4.10. The maximum Gasteiger partial charge on any atom is 0.250 e. The predicted molar refractivity (Wildman–Crippen MR) is 114 cm³/mol. The molecule has 1 N–H and O–H groups in total. The van der Waals surface area contributed by atoms with Crippen molar-refractivity contribution >= 4 is 5.82 Å². The number of hydrogen-bond donors (Lipinski definition) is 1. The molecule has 4 aromatic heterocycles. The smallest absolute Gasteiger partial charge is 0.250 e. The monoisotopic (exact) mass is 419 g/mol. The molecular weight excluding hydrogens is 400 g/mol. The highest BCUT2D eigenvalue weighted by atomic mass is 19.1. The van der Waals surface area contributed by atoms with Crippen LogP contribution in [0.4, 0.5) is 14.6 Å². The molecule has 0 aliphatic carbocycles. The summed E-state index contributed by atoms with van der Waals surface area (Å²) >= 11 is 0. The molecule has 6 nitrogen and oxygen atoms in total. The summed E-state index contributed by atoms with van der Waals surface area (Å²) in [6.07, 6.45) is 6.17. The van der Waals surface area contributed by atoms with E-state index in [1.165, 1.54) is 35.2 Å². The van der Waals surface area contributed by atoms with Gasteiger partial charge in [-0.2, -0.15) is 0 Å². The summed E-state index contributed by atoms with van der Waals surface area (Å²) < 4.78 is 31.0. The molecule has 0 unspecified atom stereocenters. The van der Waals surface area contributed by atoms with Crippen LogP contribution in [0.25, 0.3) is 22.4 Å². The summed E-state index contributed by atoms with van der Waals surface area (Å²) in [5.41, 5.74) is 2.86. The Kier molecular flexibility index (Phi) is 5.53. The van der Waals surface area contributed by atoms with Crippen LogP contribution in [0.5, 0.6) is 0 Å². The molecule has 0 saturated carbocycles. The minimum absolute atomic E-state index is 0.0283. The van der Waals surface area contributed by atoms with E-state index in [1.807, 2.05) is 6.92 Å². The fraction of sp³-hybridized carbons (Fsp3) is 0.130. The van der Waals surface area contributed by atoms with Crippen molar-refractivity contribution in [2.45, 2.75) is 13.5 Å². The third-order valence-electron chi connectivity index (χ3n) is 4.81. The standard InChI is InChI=1S/C23H19F2N5O/c1-14-9-16(5-7-26-14)22-19(24)10-15(11-28-22)12-29-23-21(25)18(6-8-27-23)17-3-4-20(31)30(2)13-17/h3-11,13H,12H2,1-2H3,(H,27,29). The molecule has 4 rings (SSSR count). The van der Waals surface area contributed by atoms with E-state index in [4.69, 9.17) is 0 Å². The van der Waals surface area contributed by atoms with Gasteiger partial charge in [0.25, 0.3) is 0 Å². The second-order valence-electron chi connectivity index (χ2n) is 7.10. The molecule has 4 aromatic rings. The van der Waals surface area contributed by atoms with E-state index in [2.05, 4.69) is 20.3 Å². The number of pyridine rings is 4. The lowest BCUT2D eigenvalue weighted by Gasteiger charge is -2.11. The Morgan fingerprint density at radius 2 is 1.81 bits per heavy atom. The molecular formula is C23H19F2N5O. The van der Waals surface area contributed by atoms with Crippen LogP contribution >= 0.6 is 0 Å². The zero-order valence-electron chi connectivity index (χ0n) is 16.9. The van der Waals surface area contributed by atoms with Crippen LogP contribution in [0.1, 0.15) is 11.3 Å². The summed E-state index contributed by atoms with van der Waals surface area (Å²) in [6.45, 7) is 1.96.